The van der Waals surface area contributed by atoms with Crippen molar-refractivity contribution in [2.24, 2.45) is 0 Å². The van der Waals surface area contributed by atoms with Gasteiger partial charge < -0.3 is 10.2 Å². The summed E-state index contributed by atoms with van der Waals surface area (Å²) >= 11 is 0. The standard InChI is InChI=1S/C31H36N2O2/c1-24-11-10-16-27(21-24)23-33(30(34)20-19-25-12-4-2-5-13-25)29(22-26-14-6-3-7-15-26)31(35)32-28-17-8-9-18-28/h2-7,10-16,21,28-29H,8-9,17-20,22-23H2,1H3,(H,32,35). The Morgan fingerprint density at radius 2 is 1.49 bits per heavy atom. The Morgan fingerprint density at radius 3 is 2.14 bits per heavy atom. The smallest absolute Gasteiger partial charge is 0.243 e. The molecule has 3 aromatic carbocycles. The van der Waals surface area contributed by atoms with Gasteiger partial charge in [0.15, 0.2) is 0 Å². The molecule has 1 aliphatic carbocycles. The number of amides is 2. The van der Waals surface area contributed by atoms with Gasteiger partial charge in [-0.3, -0.25) is 9.59 Å². The highest BCUT2D eigenvalue weighted by Gasteiger charge is 2.32. The molecule has 4 heteroatoms. The number of aryl methyl sites for hydroxylation is 2. The molecule has 0 saturated heterocycles. The zero-order chi connectivity index (χ0) is 24.5. The fourth-order valence-corrected chi connectivity index (χ4v) is 4.97. The number of rotatable bonds is 10. The summed E-state index contributed by atoms with van der Waals surface area (Å²) in [4.78, 5) is 29.2. The minimum atomic E-state index is -0.554. The van der Waals surface area contributed by atoms with Gasteiger partial charge in [-0.05, 0) is 42.9 Å². The van der Waals surface area contributed by atoms with Crippen LogP contribution in [0.25, 0.3) is 0 Å². The van der Waals surface area contributed by atoms with E-state index >= 15 is 0 Å². The second kappa shape index (κ2) is 12.3. The molecule has 0 spiro atoms. The van der Waals surface area contributed by atoms with Crippen LogP contribution in [0.1, 0.15) is 54.4 Å². The van der Waals surface area contributed by atoms with Gasteiger partial charge in [0.25, 0.3) is 0 Å². The topological polar surface area (TPSA) is 49.4 Å². The largest absolute Gasteiger partial charge is 0.352 e. The molecule has 2 amide bonds. The summed E-state index contributed by atoms with van der Waals surface area (Å²) in [5.74, 6) is -0.0284. The fourth-order valence-electron chi connectivity index (χ4n) is 4.97. The summed E-state index contributed by atoms with van der Waals surface area (Å²) < 4.78 is 0. The molecule has 182 valence electrons. The van der Waals surface area contributed by atoms with Crippen LogP contribution in [0.3, 0.4) is 0 Å². The van der Waals surface area contributed by atoms with Gasteiger partial charge in [0.2, 0.25) is 11.8 Å². The van der Waals surface area contributed by atoms with E-state index in [1.54, 1.807) is 0 Å². The normalized spacial score (nSPS) is 14.4. The van der Waals surface area contributed by atoms with Crippen molar-refractivity contribution in [2.75, 3.05) is 0 Å². The SMILES string of the molecule is Cc1cccc(CN(C(=O)CCc2ccccc2)C(Cc2ccccc2)C(=O)NC2CCCC2)c1. The van der Waals surface area contributed by atoms with E-state index in [1.165, 1.54) is 0 Å². The molecule has 4 nitrogen and oxygen atoms in total. The van der Waals surface area contributed by atoms with Crippen LogP contribution in [-0.2, 0) is 29.0 Å². The predicted octanol–water partition coefficient (Wildman–Crippen LogP) is 5.63. The maximum Gasteiger partial charge on any atom is 0.243 e. The van der Waals surface area contributed by atoms with Crippen molar-refractivity contribution in [1.29, 1.82) is 0 Å². The lowest BCUT2D eigenvalue weighted by Crippen LogP contribution is -2.52. The van der Waals surface area contributed by atoms with Gasteiger partial charge in [0.1, 0.15) is 6.04 Å². The van der Waals surface area contributed by atoms with Gasteiger partial charge >= 0.3 is 0 Å². The lowest BCUT2D eigenvalue weighted by Gasteiger charge is -2.32. The van der Waals surface area contributed by atoms with Crippen LogP contribution in [0.4, 0.5) is 0 Å². The third kappa shape index (κ3) is 7.29. The summed E-state index contributed by atoms with van der Waals surface area (Å²) in [6, 6.07) is 28.0. The second-order valence-electron chi connectivity index (χ2n) is 9.69. The third-order valence-electron chi connectivity index (χ3n) is 6.88. The van der Waals surface area contributed by atoms with E-state index in [0.29, 0.717) is 25.8 Å². The minimum Gasteiger partial charge on any atom is -0.352 e. The molecule has 0 bridgehead atoms. The van der Waals surface area contributed by atoms with Gasteiger partial charge in [-0.1, -0.05) is 103 Å². The van der Waals surface area contributed by atoms with Crippen molar-refractivity contribution < 1.29 is 9.59 Å². The summed E-state index contributed by atoms with van der Waals surface area (Å²) in [7, 11) is 0. The Labute approximate surface area is 209 Å². The van der Waals surface area contributed by atoms with E-state index in [0.717, 1.165) is 47.9 Å². The van der Waals surface area contributed by atoms with Crippen molar-refractivity contribution >= 4 is 11.8 Å². The molecule has 4 rings (SSSR count). The van der Waals surface area contributed by atoms with Gasteiger partial charge in [-0.25, -0.2) is 0 Å². The Morgan fingerprint density at radius 1 is 0.857 bits per heavy atom. The molecule has 0 radical (unpaired) electrons. The number of nitrogens with zero attached hydrogens (tertiary/aromatic N) is 1. The monoisotopic (exact) mass is 468 g/mol. The number of hydrogen-bond acceptors (Lipinski definition) is 2. The Balaban J connectivity index is 1.61. The average molecular weight is 469 g/mol. The Hall–Kier alpha value is -3.40. The number of benzene rings is 3. The van der Waals surface area contributed by atoms with Crippen LogP contribution in [0.5, 0.6) is 0 Å². The first-order valence-corrected chi connectivity index (χ1v) is 12.8. The minimum absolute atomic E-state index is 0.0119. The van der Waals surface area contributed by atoms with E-state index in [-0.39, 0.29) is 17.9 Å². The van der Waals surface area contributed by atoms with E-state index in [1.807, 2.05) is 77.7 Å². The molecule has 0 aliphatic heterocycles. The zero-order valence-electron chi connectivity index (χ0n) is 20.7. The maximum atomic E-state index is 13.7. The quantitative estimate of drug-likeness (QED) is 0.419. The highest BCUT2D eigenvalue weighted by Crippen LogP contribution is 2.21. The molecule has 0 heterocycles. The van der Waals surface area contributed by atoms with Crippen LogP contribution in [-0.4, -0.2) is 28.8 Å². The molecule has 0 aromatic heterocycles. The molecule has 1 aliphatic rings. The Kier molecular flexibility index (Phi) is 8.72. The first-order chi connectivity index (χ1) is 17.1. The molecule has 1 fully saturated rings. The molecule has 1 saturated carbocycles. The molecule has 35 heavy (non-hydrogen) atoms. The fraction of sp³-hybridized carbons (Fsp3) is 0.355. The molecular weight excluding hydrogens is 432 g/mol. The lowest BCUT2D eigenvalue weighted by molar-refractivity contribution is -0.141. The molecule has 1 atom stereocenters. The highest BCUT2D eigenvalue weighted by molar-refractivity contribution is 5.88. The van der Waals surface area contributed by atoms with Crippen LogP contribution in [0.2, 0.25) is 0 Å². The van der Waals surface area contributed by atoms with Crippen molar-refractivity contribution in [3.8, 4) is 0 Å². The van der Waals surface area contributed by atoms with Gasteiger partial charge in [-0.2, -0.15) is 0 Å². The first-order valence-electron chi connectivity index (χ1n) is 12.8. The summed E-state index contributed by atoms with van der Waals surface area (Å²) in [5.41, 5.74) is 4.38. The number of carbonyl (C=O) groups is 2. The van der Waals surface area contributed by atoms with Gasteiger partial charge in [0.05, 0.1) is 0 Å². The van der Waals surface area contributed by atoms with E-state index in [4.69, 9.17) is 0 Å². The maximum absolute atomic E-state index is 13.7. The number of nitrogens with one attached hydrogen (secondary N) is 1. The van der Waals surface area contributed by atoms with E-state index < -0.39 is 6.04 Å². The van der Waals surface area contributed by atoms with Crippen LogP contribution < -0.4 is 5.32 Å². The summed E-state index contributed by atoms with van der Waals surface area (Å²) in [6.07, 6.45) is 5.87. The highest BCUT2D eigenvalue weighted by atomic mass is 16.2. The van der Waals surface area contributed by atoms with Gasteiger partial charge in [0, 0.05) is 25.4 Å². The van der Waals surface area contributed by atoms with E-state index in [2.05, 4.69) is 24.4 Å². The zero-order valence-corrected chi connectivity index (χ0v) is 20.7. The van der Waals surface area contributed by atoms with Crippen molar-refractivity contribution in [3.63, 3.8) is 0 Å². The van der Waals surface area contributed by atoms with Crippen LogP contribution >= 0.6 is 0 Å². The second-order valence-corrected chi connectivity index (χ2v) is 9.69. The molecule has 1 unspecified atom stereocenters. The number of carbonyl (C=O) groups excluding carboxylic acids is 2. The average Bonchev–Trinajstić information content (AvgIpc) is 3.39. The van der Waals surface area contributed by atoms with Crippen molar-refractivity contribution in [2.45, 2.75) is 70.5 Å². The Bertz CT molecular complexity index is 1090. The van der Waals surface area contributed by atoms with Crippen LogP contribution in [0.15, 0.2) is 84.9 Å². The van der Waals surface area contributed by atoms with Crippen LogP contribution in [0, 0.1) is 6.92 Å². The van der Waals surface area contributed by atoms with Crippen molar-refractivity contribution in [3.05, 3.63) is 107 Å². The summed E-state index contributed by atoms with van der Waals surface area (Å²) in [5, 5.41) is 3.27. The molecular formula is C31H36N2O2. The predicted molar refractivity (Wildman–Crippen MR) is 141 cm³/mol. The lowest BCUT2D eigenvalue weighted by atomic mass is 10.0. The third-order valence-corrected chi connectivity index (χ3v) is 6.88. The molecule has 3 aromatic rings. The van der Waals surface area contributed by atoms with Crippen molar-refractivity contribution in [1.82, 2.24) is 10.2 Å². The summed E-state index contributed by atoms with van der Waals surface area (Å²) in [6.45, 7) is 2.48. The molecule has 1 N–H and O–H groups in total. The number of hydrogen-bond donors (Lipinski definition) is 1. The first kappa shape index (κ1) is 24.7. The van der Waals surface area contributed by atoms with E-state index in [9.17, 15) is 9.59 Å². The van der Waals surface area contributed by atoms with Gasteiger partial charge in [-0.15, -0.1) is 0 Å².